The molecule has 1 aliphatic carbocycles. The molecule has 1 amide bonds. The first kappa shape index (κ1) is 17.6. The van der Waals surface area contributed by atoms with Crippen LogP contribution in [-0.4, -0.2) is 25.1 Å². The molecule has 0 radical (unpaired) electrons. The van der Waals surface area contributed by atoms with Gasteiger partial charge in [-0.05, 0) is 49.1 Å². The molecule has 1 saturated carbocycles. The highest BCUT2D eigenvalue weighted by molar-refractivity contribution is 7.90. The Balaban J connectivity index is 1.78. The number of hydrogen-bond acceptors (Lipinski definition) is 5. The summed E-state index contributed by atoms with van der Waals surface area (Å²) in [5, 5.41) is -0.0510. The van der Waals surface area contributed by atoms with E-state index in [2.05, 4.69) is 9.71 Å². The zero-order chi connectivity index (χ0) is 18.2. The van der Waals surface area contributed by atoms with Crippen molar-refractivity contribution in [2.45, 2.75) is 24.2 Å². The van der Waals surface area contributed by atoms with Crippen molar-refractivity contribution in [3.63, 3.8) is 0 Å². The summed E-state index contributed by atoms with van der Waals surface area (Å²) in [4.78, 5) is 27.4. The summed E-state index contributed by atoms with van der Waals surface area (Å²) in [5.41, 5.74) is 1.11. The van der Waals surface area contributed by atoms with E-state index in [-0.39, 0.29) is 27.2 Å². The van der Waals surface area contributed by atoms with Gasteiger partial charge in [-0.3, -0.25) is 14.6 Å². The van der Waals surface area contributed by atoms with Crippen molar-refractivity contribution in [3.05, 3.63) is 58.9 Å². The number of sulfonamides is 1. The number of benzene rings is 1. The number of nitrogens with one attached hydrogen (secondary N) is 1. The third kappa shape index (κ3) is 3.72. The smallest absolute Gasteiger partial charge is 0.265 e. The molecule has 25 heavy (non-hydrogen) atoms. The van der Waals surface area contributed by atoms with Gasteiger partial charge in [-0.25, -0.2) is 13.1 Å². The van der Waals surface area contributed by atoms with Crippen LogP contribution in [0.4, 0.5) is 0 Å². The van der Waals surface area contributed by atoms with Crippen molar-refractivity contribution in [2.24, 2.45) is 5.92 Å². The predicted molar refractivity (Wildman–Crippen MR) is 91.9 cm³/mol. The van der Waals surface area contributed by atoms with Crippen molar-refractivity contribution >= 4 is 33.3 Å². The van der Waals surface area contributed by atoms with E-state index in [9.17, 15) is 18.0 Å². The topological polar surface area (TPSA) is 93.2 Å². The average Bonchev–Trinajstić information content (AvgIpc) is 3.36. The van der Waals surface area contributed by atoms with Gasteiger partial charge < -0.3 is 0 Å². The van der Waals surface area contributed by atoms with Gasteiger partial charge in [-0.15, -0.1) is 0 Å². The molecule has 2 aromatic rings. The molecule has 0 spiro atoms. The van der Waals surface area contributed by atoms with E-state index in [4.69, 9.17) is 11.6 Å². The van der Waals surface area contributed by atoms with Crippen LogP contribution in [0, 0.1) is 5.92 Å². The van der Waals surface area contributed by atoms with Gasteiger partial charge in [-0.1, -0.05) is 17.7 Å². The number of Topliss-reactive ketones (excluding diaryl/α,β-unsaturated/α-hetero) is 1. The second-order valence-electron chi connectivity index (χ2n) is 5.91. The molecule has 1 aromatic carbocycles. The van der Waals surface area contributed by atoms with Gasteiger partial charge in [0, 0.05) is 23.9 Å². The Kier molecular flexibility index (Phi) is 4.62. The van der Waals surface area contributed by atoms with E-state index in [1.807, 2.05) is 6.07 Å². The Bertz CT molecular complexity index is 944. The van der Waals surface area contributed by atoms with Gasteiger partial charge in [0.15, 0.2) is 5.78 Å². The molecule has 1 heterocycles. The minimum atomic E-state index is -4.16. The minimum Gasteiger partial charge on any atom is -0.295 e. The molecule has 0 saturated heterocycles. The van der Waals surface area contributed by atoms with Crippen LogP contribution >= 0.6 is 11.6 Å². The SMILES string of the molecule is CC(=O)c1ccc(Cl)c(S(=O)(=O)NC(=O)[C@@H]2C[C@H]2c2cccnc2)c1. The summed E-state index contributed by atoms with van der Waals surface area (Å²) >= 11 is 5.94. The van der Waals surface area contributed by atoms with Gasteiger partial charge in [0.2, 0.25) is 5.91 Å². The number of nitrogens with zero attached hydrogens (tertiary/aromatic N) is 1. The molecule has 6 nitrogen and oxygen atoms in total. The Hall–Kier alpha value is -2.25. The highest BCUT2D eigenvalue weighted by Gasteiger charge is 2.45. The lowest BCUT2D eigenvalue weighted by molar-refractivity contribution is -0.120. The molecular formula is C17H15ClN2O4S. The van der Waals surface area contributed by atoms with E-state index >= 15 is 0 Å². The zero-order valence-corrected chi connectivity index (χ0v) is 14.8. The molecular weight excluding hydrogens is 364 g/mol. The number of halogens is 1. The molecule has 1 aliphatic rings. The largest absolute Gasteiger partial charge is 0.295 e. The second-order valence-corrected chi connectivity index (χ2v) is 7.96. The lowest BCUT2D eigenvalue weighted by Crippen LogP contribution is -2.32. The fourth-order valence-electron chi connectivity index (χ4n) is 2.64. The number of rotatable bonds is 5. The molecule has 130 valence electrons. The number of hydrogen-bond donors (Lipinski definition) is 1. The average molecular weight is 379 g/mol. The lowest BCUT2D eigenvalue weighted by atomic mass is 10.1. The number of carbonyl (C=O) groups is 2. The highest BCUT2D eigenvalue weighted by Crippen LogP contribution is 2.47. The van der Waals surface area contributed by atoms with Crippen LogP contribution in [0.3, 0.4) is 0 Å². The zero-order valence-electron chi connectivity index (χ0n) is 13.3. The van der Waals surface area contributed by atoms with Crippen LogP contribution in [0.25, 0.3) is 0 Å². The maximum Gasteiger partial charge on any atom is 0.265 e. The van der Waals surface area contributed by atoms with Gasteiger partial charge in [-0.2, -0.15) is 0 Å². The fourth-order valence-corrected chi connectivity index (χ4v) is 4.20. The maximum absolute atomic E-state index is 12.5. The Labute approximate surface area is 150 Å². The van der Waals surface area contributed by atoms with Crippen molar-refractivity contribution in [1.29, 1.82) is 0 Å². The number of ketones is 1. The summed E-state index contributed by atoms with van der Waals surface area (Å²) in [6, 6.07) is 7.56. The molecule has 0 bridgehead atoms. The lowest BCUT2D eigenvalue weighted by Gasteiger charge is -2.09. The standard InChI is InChI=1S/C17H15ClN2O4S/c1-10(21)11-4-5-15(18)16(7-11)25(23,24)20-17(22)14-8-13(14)12-3-2-6-19-9-12/h2-7,9,13-14H,8H2,1H3,(H,20,22)/t13-,14+/m0/s1. The maximum atomic E-state index is 12.5. The third-order valence-electron chi connectivity index (χ3n) is 4.10. The summed E-state index contributed by atoms with van der Waals surface area (Å²) in [7, 11) is -4.16. The molecule has 3 rings (SSSR count). The van der Waals surface area contributed by atoms with Crippen LogP contribution in [0.15, 0.2) is 47.6 Å². The summed E-state index contributed by atoms with van der Waals surface area (Å²) < 4.78 is 27.0. The third-order valence-corrected chi connectivity index (χ3v) is 5.93. The number of carbonyl (C=O) groups excluding carboxylic acids is 2. The fraction of sp³-hybridized carbons (Fsp3) is 0.235. The van der Waals surface area contributed by atoms with Crippen LogP contribution in [-0.2, 0) is 14.8 Å². The first-order valence-corrected chi connectivity index (χ1v) is 9.43. The second kappa shape index (κ2) is 6.57. The van der Waals surface area contributed by atoms with E-state index in [0.29, 0.717) is 6.42 Å². The number of aromatic nitrogens is 1. The molecule has 1 fully saturated rings. The minimum absolute atomic E-state index is 0.0390. The number of pyridine rings is 1. The van der Waals surface area contributed by atoms with Crippen LogP contribution in [0.2, 0.25) is 5.02 Å². The van der Waals surface area contributed by atoms with Crippen LogP contribution < -0.4 is 4.72 Å². The van der Waals surface area contributed by atoms with Gasteiger partial charge in [0.25, 0.3) is 10.0 Å². The Morgan fingerprint density at radius 3 is 2.68 bits per heavy atom. The molecule has 8 heteroatoms. The molecule has 0 aliphatic heterocycles. The molecule has 1 aromatic heterocycles. The summed E-state index contributed by atoms with van der Waals surface area (Å²) in [6.45, 7) is 1.32. The molecule has 2 atom stereocenters. The van der Waals surface area contributed by atoms with Gasteiger partial charge in [0.1, 0.15) is 4.90 Å². The quantitative estimate of drug-likeness (QED) is 0.807. The first-order chi connectivity index (χ1) is 11.8. The van der Waals surface area contributed by atoms with E-state index in [1.165, 1.54) is 25.1 Å². The van der Waals surface area contributed by atoms with Crippen molar-refractivity contribution in [2.75, 3.05) is 0 Å². The predicted octanol–water partition coefficient (Wildman–Crippen LogP) is 2.55. The molecule has 0 unspecified atom stereocenters. The van der Waals surface area contributed by atoms with Crippen molar-refractivity contribution < 1.29 is 18.0 Å². The van der Waals surface area contributed by atoms with Crippen molar-refractivity contribution in [1.82, 2.24) is 9.71 Å². The molecule has 1 N–H and O–H groups in total. The van der Waals surface area contributed by atoms with E-state index < -0.39 is 21.8 Å². The first-order valence-electron chi connectivity index (χ1n) is 7.56. The van der Waals surface area contributed by atoms with Crippen LogP contribution in [0.1, 0.15) is 35.2 Å². The van der Waals surface area contributed by atoms with Crippen molar-refractivity contribution in [3.8, 4) is 0 Å². The normalized spacial score (nSPS) is 19.3. The highest BCUT2D eigenvalue weighted by atomic mass is 35.5. The van der Waals surface area contributed by atoms with E-state index in [1.54, 1.807) is 18.5 Å². The van der Waals surface area contributed by atoms with Gasteiger partial charge >= 0.3 is 0 Å². The summed E-state index contributed by atoms with van der Waals surface area (Å²) in [6.07, 6.45) is 3.86. The Morgan fingerprint density at radius 1 is 1.28 bits per heavy atom. The van der Waals surface area contributed by atoms with Crippen LogP contribution in [0.5, 0.6) is 0 Å². The Morgan fingerprint density at radius 2 is 2.04 bits per heavy atom. The van der Waals surface area contributed by atoms with E-state index in [0.717, 1.165) is 5.56 Å². The summed E-state index contributed by atoms with van der Waals surface area (Å²) in [5.74, 6) is -1.34. The monoisotopic (exact) mass is 378 g/mol. The number of amides is 1. The van der Waals surface area contributed by atoms with Gasteiger partial charge in [0.05, 0.1) is 5.02 Å².